The van der Waals surface area contributed by atoms with Crippen molar-refractivity contribution in [3.8, 4) is 0 Å². The van der Waals surface area contributed by atoms with Gasteiger partial charge in [-0.2, -0.15) is 4.31 Å². The minimum atomic E-state index is -3.61. The second-order valence-corrected chi connectivity index (χ2v) is 5.45. The van der Waals surface area contributed by atoms with E-state index in [0.717, 1.165) is 12.8 Å². The highest BCUT2D eigenvalue weighted by molar-refractivity contribution is 7.89. The van der Waals surface area contributed by atoms with Gasteiger partial charge in [0.15, 0.2) is 0 Å². The third kappa shape index (κ3) is 1.89. The molecule has 1 saturated heterocycles. The van der Waals surface area contributed by atoms with Crippen LogP contribution in [0.3, 0.4) is 0 Å². The second-order valence-electron chi connectivity index (χ2n) is 3.54. The molecule has 1 aliphatic rings. The molecule has 15 heavy (non-hydrogen) atoms. The maximum absolute atomic E-state index is 13.3. The van der Waals surface area contributed by atoms with E-state index in [0.29, 0.717) is 13.1 Å². The van der Waals surface area contributed by atoms with E-state index in [-0.39, 0.29) is 4.90 Å². The molecule has 82 valence electrons. The molecule has 0 aliphatic carbocycles. The van der Waals surface area contributed by atoms with Crippen LogP contribution in [0.15, 0.2) is 29.2 Å². The summed E-state index contributed by atoms with van der Waals surface area (Å²) in [4.78, 5) is -0.216. The van der Waals surface area contributed by atoms with E-state index in [2.05, 4.69) is 0 Å². The van der Waals surface area contributed by atoms with E-state index in [1.54, 1.807) is 0 Å². The third-order valence-electron chi connectivity index (χ3n) is 2.52. The smallest absolute Gasteiger partial charge is 0.207 e. The van der Waals surface area contributed by atoms with Gasteiger partial charge in [0.1, 0.15) is 10.7 Å². The predicted octanol–water partition coefficient (Wildman–Crippen LogP) is 1.61. The van der Waals surface area contributed by atoms with Gasteiger partial charge in [-0.15, -0.1) is 0 Å². The van der Waals surface area contributed by atoms with Crippen molar-refractivity contribution in [3.63, 3.8) is 0 Å². The normalized spacial score (nSPS) is 18.2. The number of rotatable bonds is 2. The lowest BCUT2D eigenvalue weighted by Gasteiger charge is -2.15. The highest BCUT2D eigenvalue weighted by atomic mass is 32.2. The summed E-state index contributed by atoms with van der Waals surface area (Å²) in [5.74, 6) is -0.676. The first kappa shape index (κ1) is 10.6. The van der Waals surface area contributed by atoms with Gasteiger partial charge in [-0.05, 0) is 25.0 Å². The van der Waals surface area contributed by atoms with Gasteiger partial charge in [0.05, 0.1) is 0 Å². The molecule has 0 unspecified atom stereocenters. The minimum absolute atomic E-state index is 0.216. The molecular formula is C10H12FNO2S. The first-order chi connectivity index (χ1) is 7.12. The standard InChI is InChI=1S/C10H12FNO2S/c11-9-5-1-2-6-10(9)15(13,14)12-7-3-4-8-12/h1-2,5-6H,3-4,7-8H2. The van der Waals surface area contributed by atoms with Crippen LogP contribution in [0.25, 0.3) is 0 Å². The summed E-state index contributed by atoms with van der Waals surface area (Å²) in [6.45, 7) is 0.993. The molecule has 0 spiro atoms. The highest BCUT2D eigenvalue weighted by Gasteiger charge is 2.29. The lowest BCUT2D eigenvalue weighted by atomic mass is 10.4. The molecule has 1 aromatic rings. The number of hydrogen-bond acceptors (Lipinski definition) is 2. The van der Waals surface area contributed by atoms with Crippen LogP contribution in [0.1, 0.15) is 12.8 Å². The lowest BCUT2D eigenvalue weighted by molar-refractivity contribution is 0.469. The Kier molecular flexibility index (Phi) is 2.75. The first-order valence-corrected chi connectivity index (χ1v) is 6.31. The van der Waals surface area contributed by atoms with Crippen molar-refractivity contribution in [2.45, 2.75) is 17.7 Å². The van der Waals surface area contributed by atoms with Gasteiger partial charge in [-0.25, -0.2) is 12.8 Å². The molecule has 0 N–H and O–H groups in total. The Bertz CT molecular complexity index is 452. The quantitative estimate of drug-likeness (QED) is 0.772. The summed E-state index contributed by atoms with van der Waals surface area (Å²) in [7, 11) is -3.61. The third-order valence-corrected chi connectivity index (χ3v) is 4.45. The van der Waals surface area contributed by atoms with E-state index in [9.17, 15) is 12.8 Å². The van der Waals surface area contributed by atoms with Gasteiger partial charge in [0.2, 0.25) is 10.0 Å². The van der Waals surface area contributed by atoms with Crippen LogP contribution in [-0.2, 0) is 10.0 Å². The predicted molar refractivity (Wildman–Crippen MR) is 54.4 cm³/mol. The van der Waals surface area contributed by atoms with E-state index in [1.165, 1.54) is 28.6 Å². The van der Waals surface area contributed by atoms with Crippen molar-refractivity contribution in [1.29, 1.82) is 0 Å². The van der Waals surface area contributed by atoms with E-state index in [4.69, 9.17) is 0 Å². The Balaban J connectivity index is 2.41. The molecule has 0 saturated carbocycles. The van der Waals surface area contributed by atoms with Crippen LogP contribution in [0.2, 0.25) is 0 Å². The molecule has 1 heterocycles. The van der Waals surface area contributed by atoms with E-state index < -0.39 is 15.8 Å². The molecule has 1 fully saturated rings. The molecular weight excluding hydrogens is 217 g/mol. The summed E-state index contributed by atoms with van der Waals surface area (Å²) in [5.41, 5.74) is 0. The lowest BCUT2D eigenvalue weighted by Crippen LogP contribution is -2.28. The maximum Gasteiger partial charge on any atom is 0.245 e. The fourth-order valence-corrected chi connectivity index (χ4v) is 3.30. The molecule has 5 heteroatoms. The van der Waals surface area contributed by atoms with Crippen LogP contribution in [-0.4, -0.2) is 25.8 Å². The molecule has 3 nitrogen and oxygen atoms in total. The Hall–Kier alpha value is -0.940. The SMILES string of the molecule is O=S(=O)(c1ccccc1F)N1CCCC1. The largest absolute Gasteiger partial charge is 0.245 e. The van der Waals surface area contributed by atoms with Crippen molar-refractivity contribution in [1.82, 2.24) is 4.31 Å². The zero-order chi connectivity index (χ0) is 10.9. The fraction of sp³-hybridized carbons (Fsp3) is 0.400. The topological polar surface area (TPSA) is 37.4 Å². The minimum Gasteiger partial charge on any atom is -0.207 e. The number of benzene rings is 1. The van der Waals surface area contributed by atoms with Crippen molar-refractivity contribution in [3.05, 3.63) is 30.1 Å². The number of hydrogen-bond donors (Lipinski definition) is 0. The molecule has 0 amide bonds. The Morgan fingerprint density at radius 1 is 1.13 bits per heavy atom. The van der Waals surface area contributed by atoms with Gasteiger partial charge in [-0.3, -0.25) is 0 Å². The highest BCUT2D eigenvalue weighted by Crippen LogP contribution is 2.22. The van der Waals surface area contributed by atoms with Gasteiger partial charge < -0.3 is 0 Å². The summed E-state index contributed by atoms with van der Waals surface area (Å²) in [6.07, 6.45) is 1.71. The van der Waals surface area contributed by atoms with Crippen molar-refractivity contribution >= 4 is 10.0 Å². The van der Waals surface area contributed by atoms with Crippen molar-refractivity contribution in [2.24, 2.45) is 0 Å². The first-order valence-electron chi connectivity index (χ1n) is 4.87. The van der Waals surface area contributed by atoms with Gasteiger partial charge in [-0.1, -0.05) is 12.1 Å². The Labute approximate surface area is 88.6 Å². The molecule has 2 rings (SSSR count). The van der Waals surface area contributed by atoms with Crippen LogP contribution >= 0.6 is 0 Å². The number of nitrogens with zero attached hydrogens (tertiary/aromatic N) is 1. The summed E-state index contributed by atoms with van der Waals surface area (Å²) >= 11 is 0. The van der Waals surface area contributed by atoms with Crippen molar-refractivity contribution in [2.75, 3.05) is 13.1 Å². The van der Waals surface area contributed by atoms with E-state index in [1.807, 2.05) is 0 Å². The Morgan fingerprint density at radius 3 is 2.33 bits per heavy atom. The molecule has 0 bridgehead atoms. The average molecular weight is 229 g/mol. The maximum atomic E-state index is 13.3. The summed E-state index contributed by atoms with van der Waals surface area (Å²) < 4.78 is 38.6. The van der Waals surface area contributed by atoms with Crippen LogP contribution < -0.4 is 0 Å². The molecule has 0 atom stereocenters. The van der Waals surface area contributed by atoms with Gasteiger partial charge in [0.25, 0.3) is 0 Å². The number of halogens is 1. The van der Waals surface area contributed by atoms with Crippen molar-refractivity contribution < 1.29 is 12.8 Å². The van der Waals surface area contributed by atoms with Crippen LogP contribution in [0, 0.1) is 5.82 Å². The monoisotopic (exact) mass is 229 g/mol. The van der Waals surface area contributed by atoms with Gasteiger partial charge >= 0.3 is 0 Å². The summed E-state index contributed by atoms with van der Waals surface area (Å²) in [5, 5.41) is 0. The Morgan fingerprint density at radius 2 is 1.73 bits per heavy atom. The average Bonchev–Trinajstić information content (AvgIpc) is 2.71. The van der Waals surface area contributed by atoms with Crippen LogP contribution in [0.5, 0.6) is 0 Å². The zero-order valence-electron chi connectivity index (χ0n) is 8.19. The number of sulfonamides is 1. The second kappa shape index (κ2) is 3.90. The molecule has 1 aromatic carbocycles. The van der Waals surface area contributed by atoms with Gasteiger partial charge in [0, 0.05) is 13.1 Å². The molecule has 0 radical (unpaired) electrons. The molecule has 1 aliphatic heterocycles. The fourth-order valence-electron chi connectivity index (χ4n) is 1.72. The zero-order valence-corrected chi connectivity index (χ0v) is 9.00. The van der Waals surface area contributed by atoms with Crippen LogP contribution in [0.4, 0.5) is 4.39 Å². The summed E-state index contributed by atoms with van der Waals surface area (Å²) in [6, 6.07) is 5.50. The van der Waals surface area contributed by atoms with E-state index >= 15 is 0 Å². The molecule has 0 aromatic heterocycles.